The summed E-state index contributed by atoms with van der Waals surface area (Å²) < 4.78 is 0. The second-order valence-electron chi connectivity index (χ2n) is 9.02. The second-order valence-corrected chi connectivity index (χ2v) is 9.02. The minimum atomic E-state index is -0.635. The number of nitrogens with one attached hydrogen (secondary N) is 4. The average molecular weight is 465 g/mol. The first-order valence-corrected chi connectivity index (χ1v) is 11.6. The molecule has 2 amide bonds. The highest BCUT2D eigenvalue weighted by atomic mass is 16.2. The lowest BCUT2D eigenvalue weighted by Crippen LogP contribution is -2.51. The molecular weight excluding hydrogens is 432 g/mol. The molecule has 2 aromatic heterocycles. The second kappa shape index (κ2) is 10.5. The van der Waals surface area contributed by atoms with E-state index in [0.29, 0.717) is 12.4 Å². The fraction of sp³-hybridized carbons (Fsp3) is 0.458. The van der Waals surface area contributed by atoms with Crippen molar-refractivity contribution in [3.05, 3.63) is 42.5 Å². The highest BCUT2D eigenvalue weighted by molar-refractivity contribution is 5.90. The minimum absolute atomic E-state index is 0.0680. The topological polar surface area (TPSA) is 128 Å². The molecule has 0 bridgehead atoms. The maximum atomic E-state index is 12.9. The zero-order valence-corrected chi connectivity index (χ0v) is 19.8. The summed E-state index contributed by atoms with van der Waals surface area (Å²) in [5, 5.41) is 10.4. The Hall–Kier alpha value is -3.69. The molecule has 0 radical (unpaired) electrons. The van der Waals surface area contributed by atoms with Gasteiger partial charge in [0.05, 0.1) is 11.8 Å². The van der Waals surface area contributed by atoms with Gasteiger partial charge in [0.2, 0.25) is 17.8 Å². The molecule has 0 aliphatic heterocycles. The van der Waals surface area contributed by atoms with Gasteiger partial charge >= 0.3 is 0 Å². The number of amides is 2. The molecule has 3 aromatic rings. The average Bonchev–Trinajstić information content (AvgIpc) is 3.32. The van der Waals surface area contributed by atoms with Crippen LogP contribution in [0.15, 0.2) is 36.8 Å². The summed E-state index contributed by atoms with van der Waals surface area (Å²) in [6.07, 6.45) is 7.06. The number of anilines is 2. The summed E-state index contributed by atoms with van der Waals surface area (Å²) in [7, 11) is 3.96. The maximum absolute atomic E-state index is 12.9. The van der Waals surface area contributed by atoms with E-state index in [9.17, 15) is 9.59 Å². The molecule has 4 rings (SSSR count). The Kier molecular flexibility index (Phi) is 7.24. The van der Waals surface area contributed by atoms with Crippen LogP contribution < -0.4 is 20.9 Å². The van der Waals surface area contributed by atoms with Crippen LogP contribution in [0.1, 0.15) is 38.3 Å². The third-order valence-electron chi connectivity index (χ3n) is 6.09. The zero-order valence-electron chi connectivity index (χ0n) is 19.8. The van der Waals surface area contributed by atoms with Gasteiger partial charge in [0.15, 0.2) is 0 Å². The molecule has 1 unspecified atom stereocenters. The predicted octanol–water partition coefficient (Wildman–Crippen LogP) is 2.01. The number of carbonyl (C=O) groups excluding carboxylic acids is 2. The Bertz CT molecular complexity index is 1120. The number of aromatic nitrogens is 4. The van der Waals surface area contributed by atoms with Gasteiger partial charge in [0, 0.05) is 56.8 Å². The van der Waals surface area contributed by atoms with Gasteiger partial charge in [-0.25, -0.2) is 9.97 Å². The fourth-order valence-corrected chi connectivity index (χ4v) is 4.40. The first-order valence-electron chi connectivity index (χ1n) is 11.6. The molecule has 10 nitrogen and oxygen atoms in total. The van der Waals surface area contributed by atoms with E-state index in [1.165, 1.54) is 6.92 Å². The number of hydrogen-bond donors (Lipinski definition) is 4. The number of hydrogen-bond acceptors (Lipinski definition) is 7. The number of para-hydroxylation sites is 1. The third-order valence-corrected chi connectivity index (χ3v) is 6.09. The quantitative estimate of drug-likeness (QED) is 0.401. The van der Waals surface area contributed by atoms with Crippen molar-refractivity contribution in [2.75, 3.05) is 24.3 Å². The Balaban J connectivity index is 1.34. The van der Waals surface area contributed by atoms with Crippen molar-refractivity contribution in [3.8, 4) is 0 Å². The van der Waals surface area contributed by atoms with Gasteiger partial charge in [-0.1, -0.05) is 12.1 Å². The van der Waals surface area contributed by atoms with Crippen LogP contribution in [0.5, 0.6) is 0 Å². The number of H-pyrrole nitrogens is 1. The van der Waals surface area contributed by atoms with E-state index in [0.717, 1.165) is 48.1 Å². The molecule has 1 aliphatic carbocycles. The summed E-state index contributed by atoms with van der Waals surface area (Å²) in [5.74, 6) is 1.10. The monoisotopic (exact) mass is 464 g/mol. The van der Waals surface area contributed by atoms with Crippen LogP contribution >= 0.6 is 0 Å². The van der Waals surface area contributed by atoms with Crippen molar-refractivity contribution in [3.63, 3.8) is 0 Å². The Labute approximate surface area is 199 Å². The van der Waals surface area contributed by atoms with E-state index in [1.54, 1.807) is 12.5 Å². The number of fused-ring (bicyclic) bond motifs is 1. The van der Waals surface area contributed by atoms with E-state index < -0.39 is 6.04 Å². The molecule has 2 heterocycles. The van der Waals surface area contributed by atoms with Gasteiger partial charge in [0.1, 0.15) is 11.9 Å². The fourth-order valence-electron chi connectivity index (χ4n) is 4.40. The number of nitrogens with zero attached hydrogens (tertiary/aromatic N) is 4. The lowest BCUT2D eigenvalue weighted by molar-refractivity contribution is -0.128. The van der Waals surface area contributed by atoms with Gasteiger partial charge < -0.3 is 25.8 Å². The van der Waals surface area contributed by atoms with Crippen LogP contribution in [0.4, 0.5) is 11.8 Å². The normalized spacial score (nSPS) is 18.8. The Morgan fingerprint density at radius 3 is 2.53 bits per heavy atom. The molecule has 4 N–H and O–H groups in total. The summed E-state index contributed by atoms with van der Waals surface area (Å²) >= 11 is 0. The van der Waals surface area contributed by atoms with Crippen molar-refractivity contribution in [2.24, 2.45) is 0 Å². The number of carbonyl (C=O) groups is 2. The summed E-state index contributed by atoms with van der Waals surface area (Å²) in [4.78, 5) is 42.9. The van der Waals surface area contributed by atoms with Gasteiger partial charge in [-0.15, -0.1) is 0 Å². The van der Waals surface area contributed by atoms with E-state index in [1.807, 2.05) is 43.3 Å². The molecule has 1 aromatic carbocycles. The van der Waals surface area contributed by atoms with Crippen LogP contribution in [0, 0.1) is 0 Å². The summed E-state index contributed by atoms with van der Waals surface area (Å²) in [5.41, 5.74) is 1.71. The largest absolute Gasteiger partial charge is 0.362 e. The number of aromatic amines is 1. The van der Waals surface area contributed by atoms with Crippen molar-refractivity contribution >= 4 is 34.5 Å². The highest BCUT2D eigenvalue weighted by Gasteiger charge is 2.27. The molecule has 0 saturated heterocycles. The molecule has 1 saturated carbocycles. The minimum Gasteiger partial charge on any atom is -0.362 e. The molecule has 1 aliphatic rings. The van der Waals surface area contributed by atoms with Crippen LogP contribution in [0.2, 0.25) is 0 Å². The van der Waals surface area contributed by atoms with Crippen LogP contribution in [-0.4, -0.2) is 64.0 Å². The van der Waals surface area contributed by atoms with Crippen molar-refractivity contribution in [2.45, 2.75) is 57.2 Å². The Morgan fingerprint density at radius 1 is 1.12 bits per heavy atom. The molecule has 180 valence electrons. The first-order chi connectivity index (χ1) is 16.4. The molecule has 0 spiro atoms. The predicted molar refractivity (Wildman–Crippen MR) is 132 cm³/mol. The van der Waals surface area contributed by atoms with Gasteiger partial charge in [-0.2, -0.15) is 4.98 Å². The van der Waals surface area contributed by atoms with Crippen molar-refractivity contribution in [1.82, 2.24) is 30.6 Å². The van der Waals surface area contributed by atoms with E-state index in [2.05, 4.69) is 25.9 Å². The number of imidazole rings is 1. The molecule has 1 fully saturated rings. The van der Waals surface area contributed by atoms with Crippen LogP contribution in [0.3, 0.4) is 0 Å². The standard InChI is InChI=1S/C24H32N8O2/c1-15(33)27-21(12-18-13-25-14-26-18)23(34)28-16-8-10-17(11-9-16)29-24-30-20-7-5-4-6-19(20)22(31-24)32(2)3/h4-7,13-14,16-17,21H,8-12H2,1-3H3,(H,25,26)(H,27,33)(H,28,34)(H,29,30,31). The van der Waals surface area contributed by atoms with E-state index in [-0.39, 0.29) is 23.9 Å². The maximum Gasteiger partial charge on any atom is 0.243 e. The van der Waals surface area contributed by atoms with Crippen LogP contribution in [0.25, 0.3) is 10.9 Å². The zero-order chi connectivity index (χ0) is 24.1. The molecule has 10 heteroatoms. The number of rotatable bonds is 8. The van der Waals surface area contributed by atoms with Crippen molar-refractivity contribution < 1.29 is 9.59 Å². The van der Waals surface area contributed by atoms with Crippen molar-refractivity contribution in [1.29, 1.82) is 0 Å². The summed E-state index contributed by atoms with van der Waals surface area (Å²) in [6.45, 7) is 1.42. The van der Waals surface area contributed by atoms with Gasteiger partial charge in [0.25, 0.3) is 0 Å². The highest BCUT2D eigenvalue weighted by Crippen LogP contribution is 2.26. The van der Waals surface area contributed by atoms with E-state index in [4.69, 9.17) is 9.97 Å². The smallest absolute Gasteiger partial charge is 0.243 e. The third kappa shape index (κ3) is 5.81. The van der Waals surface area contributed by atoms with E-state index >= 15 is 0 Å². The summed E-state index contributed by atoms with van der Waals surface area (Å²) in [6, 6.07) is 7.67. The molecule has 34 heavy (non-hydrogen) atoms. The SMILES string of the molecule is CC(=O)NC(Cc1cnc[nH]1)C(=O)NC1CCC(Nc2nc(N(C)C)c3ccccc3n2)CC1. The molecule has 1 atom stereocenters. The first kappa shape index (κ1) is 23.5. The lowest BCUT2D eigenvalue weighted by atomic mass is 9.91. The Morgan fingerprint density at radius 2 is 1.85 bits per heavy atom. The van der Waals surface area contributed by atoms with Gasteiger partial charge in [-0.3, -0.25) is 9.59 Å². The number of benzene rings is 1. The molecular formula is C24H32N8O2. The van der Waals surface area contributed by atoms with Gasteiger partial charge in [-0.05, 0) is 37.8 Å². The lowest BCUT2D eigenvalue weighted by Gasteiger charge is -2.31. The van der Waals surface area contributed by atoms with Crippen LogP contribution in [-0.2, 0) is 16.0 Å².